The Kier molecular flexibility index (Phi) is 4.03. The number of hydrogen-bond donors (Lipinski definition) is 0. The van der Waals surface area contributed by atoms with E-state index in [1.165, 1.54) is 0 Å². The lowest BCUT2D eigenvalue weighted by Crippen LogP contribution is -2.17. The van der Waals surface area contributed by atoms with Gasteiger partial charge >= 0.3 is 0 Å². The molecule has 0 bridgehead atoms. The second kappa shape index (κ2) is 6.12. The highest BCUT2D eigenvalue weighted by atomic mass is 79.9. The molecular weight excluding hydrogens is 340 g/mol. The summed E-state index contributed by atoms with van der Waals surface area (Å²) in [6.45, 7) is 0.701. The van der Waals surface area contributed by atoms with Crippen LogP contribution in [-0.4, -0.2) is 17.0 Å². The van der Waals surface area contributed by atoms with Crippen molar-refractivity contribution in [1.82, 2.24) is 9.97 Å². The molecule has 5 heteroatoms. The number of nitriles is 1. The highest BCUT2D eigenvalue weighted by molar-refractivity contribution is 9.10. The van der Waals surface area contributed by atoms with Crippen molar-refractivity contribution in [3.05, 3.63) is 64.4 Å². The topological polar surface area (TPSA) is 52.8 Å². The Morgan fingerprint density at radius 1 is 1.23 bits per heavy atom. The number of fused-ring (bicyclic) bond motifs is 1. The van der Waals surface area contributed by atoms with E-state index in [0.717, 1.165) is 26.8 Å². The minimum absolute atomic E-state index is 0.674. The molecule has 0 amide bonds. The van der Waals surface area contributed by atoms with Crippen LogP contribution in [0.5, 0.6) is 0 Å². The molecule has 0 saturated heterocycles. The molecule has 4 nitrogen and oxygen atoms in total. The Hall–Kier alpha value is -2.45. The lowest BCUT2D eigenvalue weighted by atomic mass is 10.1. The first-order valence-corrected chi connectivity index (χ1v) is 7.57. The van der Waals surface area contributed by atoms with E-state index in [1.54, 1.807) is 12.4 Å². The number of pyridine rings is 2. The molecule has 0 atom stereocenters. The van der Waals surface area contributed by atoms with Gasteiger partial charge in [-0.3, -0.25) is 9.97 Å². The van der Waals surface area contributed by atoms with Crippen molar-refractivity contribution in [2.45, 2.75) is 6.54 Å². The van der Waals surface area contributed by atoms with Crippen LogP contribution in [0.15, 0.2) is 53.3 Å². The summed E-state index contributed by atoms with van der Waals surface area (Å²) in [7, 11) is 2.01. The fraction of sp³-hybridized carbons (Fsp3) is 0.118. The van der Waals surface area contributed by atoms with E-state index in [-0.39, 0.29) is 0 Å². The maximum absolute atomic E-state index is 8.99. The molecule has 0 spiro atoms. The Labute approximate surface area is 137 Å². The second-order valence-electron chi connectivity index (χ2n) is 5.02. The molecule has 2 aromatic heterocycles. The second-order valence-corrected chi connectivity index (χ2v) is 5.94. The zero-order chi connectivity index (χ0) is 15.5. The molecule has 0 unspecified atom stereocenters. The summed E-state index contributed by atoms with van der Waals surface area (Å²) >= 11 is 3.42. The summed E-state index contributed by atoms with van der Waals surface area (Å²) in [5.41, 5.74) is 4.49. The van der Waals surface area contributed by atoms with Crippen LogP contribution in [0.25, 0.3) is 11.0 Å². The summed E-state index contributed by atoms with van der Waals surface area (Å²) in [5, 5.41) is 8.99. The number of hydrogen-bond acceptors (Lipinski definition) is 4. The molecule has 3 aromatic rings. The van der Waals surface area contributed by atoms with Gasteiger partial charge in [0, 0.05) is 30.5 Å². The van der Waals surface area contributed by atoms with Gasteiger partial charge in [-0.2, -0.15) is 5.26 Å². The zero-order valence-electron chi connectivity index (χ0n) is 12.0. The largest absolute Gasteiger partial charge is 0.368 e. The molecule has 0 saturated carbocycles. The van der Waals surface area contributed by atoms with Crippen molar-refractivity contribution in [3.8, 4) is 6.07 Å². The fourth-order valence-corrected chi connectivity index (χ4v) is 2.72. The van der Waals surface area contributed by atoms with Crippen LogP contribution < -0.4 is 4.90 Å². The third kappa shape index (κ3) is 2.92. The average molecular weight is 353 g/mol. The highest BCUT2D eigenvalue weighted by Crippen LogP contribution is 2.25. The van der Waals surface area contributed by atoms with Crippen molar-refractivity contribution in [2.24, 2.45) is 0 Å². The van der Waals surface area contributed by atoms with Crippen LogP contribution in [0.2, 0.25) is 0 Å². The Morgan fingerprint density at radius 3 is 2.91 bits per heavy atom. The molecule has 3 rings (SSSR count). The number of nitrogens with zero attached hydrogens (tertiary/aromatic N) is 4. The Balaban J connectivity index is 1.95. The first kappa shape index (κ1) is 14.5. The monoisotopic (exact) mass is 352 g/mol. The van der Waals surface area contributed by atoms with Gasteiger partial charge in [0.2, 0.25) is 0 Å². The van der Waals surface area contributed by atoms with E-state index in [0.29, 0.717) is 12.1 Å². The fourth-order valence-electron chi connectivity index (χ4n) is 2.40. The molecule has 0 radical (unpaired) electrons. The van der Waals surface area contributed by atoms with Crippen LogP contribution in [0, 0.1) is 11.3 Å². The van der Waals surface area contributed by atoms with Crippen molar-refractivity contribution in [3.63, 3.8) is 0 Å². The predicted octanol–water partition coefficient (Wildman–Crippen LogP) is 3.90. The van der Waals surface area contributed by atoms with E-state index in [4.69, 9.17) is 5.26 Å². The van der Waals surface area contributed by atoms with Crippen molar-refractivity contribution in [2.75, 3.05) is 11.9 Å². The summed E-state index contributed by atoms with van der Waals surface area (Å²) in [5.74, 6) is 0. The van der Waals surface area contributed by atoms with Crippen molar-refractivity contribution >= 4 is 32.7 Å². The van der Waals surface area contributed by atoms with Crippen LogP contribution in [0.4, 0.5) is 5.69 Å². The first-order chi connectivity index (χ1) is 10.7. The lowest BCUT2D eigenvalue weighted by Gasteiger charge is -2.20. The average Bonchev–Trinajstić information content (AvgIpc) is 2.54. The zero-order valence-corrected chi connectivity index (χ0v) is 13.6. The molecule has 2 heterocycles. The van der Waals surface area contributed by atoms with E-state index in [1.807, 2.05) is 43.4 Å². The lowest BCUT2D eigenvalue weighted by molar-refractivity contribution is 0.924. The SMILES string of the molecule is CN(Cc1cccc(C#N)c1)c1ccnc2cc(Br)cnc12. The van der Waals surface area contributed by atoms with Gasteiger partial charge in [0.25, 0.3) is 0 Å². The molecule has 0 N–H and O–H groups in total. The third-order valence-electron chi connectivity index (χ3n) is 3.41. The molecule has 1 aromatic carbocycles. The third-order valence-corrected chi connectivity index (χ3v) is 3.84. The number of anilines is 1. The maximum Gasteiger partial charge on any atom is 0.112 e. The molecule has 0 aliphatic rings. The van der Waals surface area contributed by atoms with Crippen molar-refractivity contribution < 1.29 is 0 Å². The summed E-state index contributed by atoms with van der Waals surface area (Å²) in [4.78, 5) is 10.9. The smallest absolute Gasteiger partial charge is 0.112 e. The van der Waals surface area contributed by atoms with Crippen LogP contribution in [-0.2, 0) is 6.54 Å². The molecular formula is C17H13BrN4. The van der Waals surface area contributed by atoms with E-state index in [2.05, 4.69) is 36.9 Å². The first-order valence-electron chi connectivity index (χ1n) is 6.78. The molecule has 22 heavy (non-hydrogen) atoms. The van der Waals surface area contributed by atoms with Gasteiger partial charge in [-0.1, -0.05) is 12.1 Å². The van der Waals surface area contributed by atoms with Crippen LogP contribution in [0.3, 0.4) is 0 Å². The quantitative estimate of drug-likeness (QED) is 0.717. The predicted molar refractivity (Wildman–Crippen MR) is 90.5 cm³/mol. The number of benzene rings is 1. The van der Waals surface area contributed by atoms with Crippen molar-refractivity contribution in [1.29, 1.82) is 5.26 Å². The summed E-state index contributed by atoms with van der Waals surface area (Å²) in [6, 6.07) is 13.7. The van der Waals surface area contributed by atoms with Crippen LogP contribution in [0.1, 0.15) is 11.1 Å². The van der Waals surface area contributed by atoms with Gasteiger partial charge in [0.15, 0.2) is 0 Å². The van der Waals surface area contributed by atoms with E-state index < -0.39 is 0 Å². The van der Waals surface area contributed by atoms with Gasteiger partial charge in [-0.05, 0) is 45.8 Å². The molecule has 0 aliphatic carbocycles. The minimum Gasteiger partial charge on any atom is -0.368 e. The molecule has 0 fully saturated rings. The number of aromatic nitrogens is 2. The van der Waals surface area contributed by atoms with Gasteiger partial charge in [-0.15, -0.1) is 0 Å². The maximum atomic E-state index is 8.99. The van der Waals surface area contributed by atoms with Gasteiger partial charge in [0.05, 0.1) is 22.8 Å². The summed E-state index contributed by atoms with van der Waals surface area (Å²) in [6.07, 6.45) is 3.56. The van der Waals surface area contributed by atoms with Gasteiger partial charge in [-0.25, -0.2) is 0 Å². The van der Waals surface area contributed by atoms with Crippen LogP contribution >= 0.6 is 15.9 Å². The molecule has 0 aliphatic heterocycles. The normalized spacial score (nSPS) is 10.4. The van der Waals surface area contributed by atoms with Gasteiger partial charge in [0.1, 0.15) is 5.52 Å². The highest BCUT2D eigenvalue weighted by Gasteiger charge is 2.09. The number of rotatable bonds is 3. The number of halogens is 1. The Bertz CT molecular complexity index is 870. The van der Waals surface area contributed by atoms with Gasteiger partial charge < -0.3 is 4.90 Å². The molecule has 108 valence electrons. The summed E-state index contributed by atoms with van der Waals surface area (Å²) < 4.78 is 0.911. The Morgan fingerprint density at radius 2 is 2.09 bits per heavy atom. The minimum atomic E-state index is 0.674. The van der Waals surface area contributed by atoms with E-state index >= 15 is 0 Å². The standard InChI is InChI=1S/C17H13BrN4/c1-22(11-13-4-2-3-12(7-13)9-19)16-5-6-20-15-8-14(18)10-21-17(15)16/h2-8,10H,11H2,1H3. The van der Waals surface area contributed by atoms with E-state index in [9.17, 15) is 0 Å².